The van der Waals surface area contributed by atoms with E-state index in [0.717, 1.165) is 16.8 Å². The van der Waals surface area contributed by atoms with E-state index in [1.807, 2.05) is 18.2 Å². The molecule has 0 spiro atoms. The van der Waals surface area contributed by atoms with Crippen LogP contribution in [0, 0.1) is 5.82 Å². The predicted octanol–water partition coefficient (Wildman–Crippen LogP) is 4.18. The van der Waals surface area contributed by atoms with Gasteiger partial charge < -0.3 is 5.32 Å². The van der Waals surface area contributed by atoms with Crippen LogP contribution in [0.25, 0.3) is 5.70 Å². The van der Waals surface area contributed by atoms with Gasteiger partial charge in [-0.15, -0.1) is 0 Å². The number of rotatable bonds is 2. The first-order chi connectivity index (χ1) is 11.6. The summed E-state index contributed by atoms with van der Waals surface area (Å²) in [5, 5.41) is 15.7. The van der Waals surface area contributed by atoms with Crippen LogP contribution in [0.15, 0.2) is 48.5 Å². The Bertz CT molecular complexity index is 936. The number of allylic oxidation sites excluding steroid dienone is 1. The van der Waals surface area contributed by atoms with E-state index in [9.17, 15) is 4.39 Å². The number of nitrogens with zero attached hydrogens (tertiary/aromatic N) is 4. The van der Waals surface area contributed by atoms with Crippen molar-refractivity contribution in [1.29, 1.82) is 0 Å². The molecule has 1 atom stereocenters. The Labute approximate surface area is 146 Å². The Morgan fingerprint density at radius 1 is 1.08 bits per heavy atom. The van der Waals surface area contributed by atoms with Gasteiger partial charge in [0.25, 0.3) is 0 Å². The number of aromatic nitrogens is 4. The standard InChI is InChI=1S/C16H10Cl2FN5/c17-12-3-1-2-11(15(12)18)14-8-13(9-4-6-10(19)7-5-9)20-16-21-22-23-24(14)16/h1-8,14H,(H,20,21,23)/t14-/m0/s1. The molecule has 0 saturated heterocycles. The molecule has 1 aliphatic rings. The fourth-order valence-electron chi connectivity index (χ4n) is 2.62. The van der Waals surface area contributed by atoms with E-state index in [4.69, 9.17) is 23.2 Å². The minimum atomic E-state index is -0.331. The minimum Gasteiger partial charge on any atom is -0.323 e. The van der Waals surface area contributed by atoms with Gasteiger partial charge >= 0.3 is 0 Å². The van der Waals surface area contributed by atoms with Crippen molar-refractivity contribution in [1.82, 2.24) is 20.2 Å². The maximum absolute atomic E-state index is 13.2. The summed E-state index contributed by atoms with van der Waals surface area (Å²) in [6.45, 7) is 0. The van der Waals surface area contributed by atoms with Crippen LogP contribution in [-0.2, 0) is 0 Å². The molecule has 2 aromatic carbocycles. The highest BCUT2D eigenvalue weighted by Crippen LogP contribution is 2.37. The lowest BCUT2D eigenvalue weighted by atomic mass is 10.0. The van der Waals surface area contributed by atoms with Gasteiger partial charge in [-0.1, -0.05) is 40.4 Å². The lowest BCUT2D eigenvalue weighted by Gasteiger charge is -2.24. The van der Waals surface area contributed by atoms with E-state index in [2.05, 4.69) is 20.8 Å². The lowest BCUT2D eigenvalue weighted by Crippen LogP contribution is -2.20. The van der Waals surface area contributed by atoms with Crippen molar-refractivity contribution in [2.45, 2.75) is 6.04 Å². The van der Waals surface area contributed by atoms with E-state index in [-0.39, 0.29) is 11.9 Å². The molecule has 24 heavy (non-hydrogen) atoms. The van der Waals surface area contributed by atoms with Crippen molar-refractivity contribution in [2.24, 2.45) is 0 Å². The van der Waals surface area contributed by atoms with Gasteiger partial charge in [0.15, 0.2) is 0 Å². The van der Waals surface area contributed by atoms with Gasteiger partial charge in [0.2, 0.25) is 5.95 Å². The second-order valence-corrected chi connectivity index (χ2v) is 6.03. The zero-order valence-electron chi connectivity index (χ0n) is 12.1. The molecule has 5 nitrogen and oxygen atoms in total. The Kier molecular flexibility index (Phi) is 3.70. The first-order valence-corrected chi connectivity index (χ1v) is 7.85. The van der Waals surface area contributed by atoms with Crippen molar-refractivity contribution in [2.75, 3.05) is 5.32 Å². The summed E-state index contributed by atoms with van der Waals surface area (Å²) in [5.41, 5.74) is 2.35. The molecule has 0 amide bonds. The molecule has 0 fully saturated rings. The number of tetrazole rings is 1. The topological polar surface area (TPSA) is 55.6 Å². The normalized spacial score (nSPS) is 16.3. The van der Waals surface area contributed by atoms with E-state index >= 15 is 0 Å². The molecule has 0 bridgehead atoms. The summed E-state index contributed by atoms with van der Waals surface area (Å²) < 4.78 is 14.8. The monoisotopic (exact) mass is 361 g/mol. The van der Waals surface area contributed by atoms with Crippen molar-refractivity contribution in [3.05, 3.63) is 75.5 Å². The molecule has 1 aliphatic heterocycles. The predicted molar refractivity (Wildman–Crippen MR) is 90.4 cm³/mol. The highest BCUT2D eigenvalue weighted by atomic mass is 35.5. The molecular formula is C16H10Cl2FN5. The van der Waals surface area contributed by atoms with E-state index in [0.29, 0.717) is 16.0 Å². The molecule has 0 radical (unpaired) electrons. The quantitative estimate of drug-likeness (QED) is 0.743. The van der Waals surface area contributed by atoms with Crippen molar-refractivity contribution < 1.29 is 4.39 Å². The fourth-order valence-corrected chi connectivity index (χ4v) is 3.04. The van der Waals surface area contributed by atoms with Crippen molar-refractivity contribution in [3.8, 4) is 0 Å². The second-order valence-electron chi connectivity index (χ2n) is 5.25. The Balaban J connectivity index is 1.85. The molecule has 1 N–H and O–H groups in total. The van der Waals surface area contributed by atoms with E-state index in [1.165, 1.54) is 12.1 Å². The van der Waals surface area contributed by atoms with Gasteiger partial charge in [-0.3, -0.25) is 0 Å². The average Bonchev–Trinajstić information content (AvgIpc) is 3.06. The number of hydrogen-bond acceptors (Lipinski definition) is 4. The highest BCUT2D eigenvalue weighted by molar-refractivity contribution is 6.42. The minimum absolute atomic E-state index is 0.297. The summed E-state index contributed by atoms with van der Waals surface area (Å²) >= 11 is 12.5. The third-order valence-corrected chi connectivity index (χ3v) is 4.62. The zero-order valence-corrected chi connectivity index (χ0v) is 13.6. The molecule has 1 aromatic heterocycles. The van der Waals surface area contributed by atoms with Crippen LogP contribution < -0.4 is 5.32 Å². The third-order valence-electron chi connectivity index (χ3n) is 3.78. The number of anilines is 1. The molecule has 0 aliphatic carbocycles. The molecule has 3 aromatic rings. The van der Waals surface area contributed by atoms with Gasteiger partial charge in [-0.2, -0.15) is 4.68 Å². The summed E-state index contributed by atoms with van der Waals surface area (Å²) in [6.07, 6.45) is 1.92. The van der Waals surface area contributed by atoms with Crippen LogP contribution in [0.3, 0.4) is 0 Å². The molecule has 2 heterocycles. The number of nitrogens with one attached hydrogen (secondary N) is 1. The van der Waals surface area contributed by atoms with Gasteiger partial charge in [0, 0.05) is 11.3 Å². The van der Waals surface area contributed by atoms with Crippen molar-refractivity contribution in [3.63, 3.8) is 0 Å². The summed E-state index contributed by atoms with van der Waals surface area (Å²) in [7, 11) is 0. The summed E-state index contributed by atoms with van der Waals surface area (Å²) in [5.74, 6) is 0.173. The van der Waals surface area contributed by atoms with Crippen molar-refractivity contribution >= 4 is 34.8 Å². The smallest absolute Gasteiger partial charge is 0.248 e. The molecule has 0 unspecified atom stereocenters. The molecule has 120 valence electrons. The maximum atomic E-state index is 13.2. The van der Waals surface area contributed by atoms with Gasteiger partial charge in [-0.25, -0.2) is 4.39 Å². The first-order valence-electron chi connectivity index (χ1n) is 7.10. The average molecular weight is 362 g/mol. The number of hydrogen-bond donors (Lipinski definition) is 1. The lowest BCUT2D eigenvalue weighted by molar-refractivity contribution is 0.586. The van der Waals surface area contributed by atoms with Crippen LogP contribution in [0.2, 0.25) is 10.0 Å². The summed E-state index contributed by atoms with van der Waals surface area (Å²) in [6, 6.07) is 11.2. The van der Waals surface area contributed by atoms with E-state index in [1.54, 1.807) is 22.9 Å². The molecular weight excluding hydrogens is 352 g/mol. The largest absolute Gasteiger partial charge is 0.323 e. The van der Waals surface area contributed by atoms with Crippen LogP contribution in [0.1, 0.15) is 17.2 Å². The molecule has 8 heteroatoms. The molecule has 0 saturated carbocycles. The number of benzene rings is 2. The number of halogens is 3. The Hall–Kier alpha value is -2.44. The van der Waals surface area contributed by atoms with Crippen LogP contribution in [0.4, 0.5) is 10.3 Å². The highest BCUT2D eigenvalue weighted by Gasteiger charge is 2.26. The van der Waals surface area contributed by atoms with E-state index < -0.39 is 0 Å². The van der Waals surface area contributed by atoms with Crippen LogP contribution in [-0.4, -0.2) is 20.2 Å². The van der Waals surface area contributed by atoms with Gasteiger partial charge in [0.05, 0.1) is 10.0 Å². The van der Waals surface area contributed by atoms with Crippen LogP contribution >= 0.6 is 23.2 Å². The van der Waals surface area contributed by atoms with Gasteiger partial charge in [0.1, 0.15) is 11.9 Å². The zero-order chi connectivity index (χ0) is 16.7. The third kappa shape index (κ3) is 2.53. The summed E-state index contributed by atoms with van der Waals surface area (Å²) in [4.78, 5) is 0. The van der Waals surface area contributed by atoms with Gasteiger partial charge in [-0.05, 0) is 52.4 Å². The van der Waals surface area contributed by atoms with Crippen LogP contribution in [0.5, 0.6) is 0 Å². The SMILES string of the molecule is Fc1ccc(C2=C[C@@H](c3cccc(Cl)c3Cl)n3nnnc3N2)cc1. The first kappa shape index (κ1) is 15.1. The number of fused-ring (bicyclic) bond motifs is 1. The fraction of sp³-hybridized carbons (Fsp3) is 0.0625. The Morgan fingerprint density at radius 3 is 2.67 bits per heavy atom. The second kappa shape index (κ2) is 5.89. The maximum Gasteiger partial charge on any atom is 0.248 e. The Morgan fingerprint density at radius 2 is 1.88 bits per heavy atom. The molecule has 4 rings (SSSR count).